The number of amides is 4. The number of benzene rings is 2. The number of rotatable bonds is 4. The highest BCUT2D eigenvalue weighted by Gasteiger charge is 2.45. The molecular formula is C32H36N2O5. The zero-order chi connectivity index (χ0) is 27.6. The van der Waals surface area contributed by atoms with Crippen molar-refractivity contribution in [1.29, 1.82) is 0 Å². The molecule has 0 bridgehead atoms. The summed E-state index contributed by atoms with van der Waals surface area (Å²) in [7, 11) is 0. The molecule has 2 saturated carbocycles. The predicted octanol–water partition coefficient (Wildman–Crippen LogP) is 6.32. The maximum absolute atomic E-state index is 13.4. The molecule has 0 N–H and O–H groups in total. The molecule has 7 heteroatoms. The van der Waals surface area contributed by atoms with E-state index >= 15 is 0 Å². The van der Waals surface area contributed by atoms with E-state index in [-0.39, 0.29) is 47.5 Å². The molecule has 2 aliphatic heterocycles. The van der Waals surface area contributed by atoms with Gasteiger partial charge in [0.15, 0.2) is 0 Å². The fourth-order valence-corrected chi connectivity index (χ4v) is 7.07. The molecule has 2 heterocycles. The maximum Gasteiger partial charge on any atom is 0.261 e. The van der Waals surface area contributed by atoms with E-state index in [4.69, 9.17) is 4.74 Å². The normalized spacial score (nSPS) is 30.6. The Morgan fingerprint density at radius 3 is 1.36 bits per heavy atom. The van der Waals surface area contributed by atoms with Gasteiger partial charge in [-0.05, 0) is 85.8 Å². The third kappa shape index (κ3) is 4.26. The topological polar surface area (TPSA) is 84.0 Å². The highest BCUT2D eigenvalue weighted by Crippen LogP contribution is 2.40. The number of nitrogens with zero attached hydrogens (tertiary/aromatic N) is 2. The Morgan fingerprint density at radius 2 is 0.949 bits per heavy atom. The van der Waals surface area contributed by atoms with E-state index in [1.165, 1.54) is 9.80 Å². The molecular weight excluding hydrogens is 492 g/mol. The number of hydrogen-bond donors (Lipinski definition) is 0. The first kappa shape index (κ1) is 25.8. The molecule has 6 rings (SSSR count). The lowest BCUT2D eigenvalue weighted by Crippen LogP contribution is -2.46. The van der Waals surface area contributed by atoms with Crippen LogP contribution in [0.15, 0.2) is 36.4 Å². The van der Waals surface area contributed by atoms with Crippen molar-refractivity contribution in [3.63, 3.8) is 0 Å². The monoisotopic (exact) mass is 528 g/mol. The summed E-state index contributed by atoms with van der Waals surface area (Å²) in [6.45, 7) is 8.58. The highest BCUT2D eigenvalue weighted by atomic mass is 16.5. The van der Waals surface area contributed by atoms with E-state index < -0.39 is 0 Å². The van der Waals surface area contributed by atoms with Crippen LogP contribution in [0.5, 0.6) is 11.5 Å². The first-order valence-corrected chi connectivity index (χ1v) is 14.4. The Labute approximate surface area is 229 Å². The summed E-state index contributed by atoms with van der Waals surface area (Å²) in [4.78, 5) is 56.1. The molecule has 2 aromatic rings. The van der Waals surface area contributed by atoms with E-state index in [1.807, 2.05) is 0 Å². The first-order chi connectivity index (χ1) is 18.6. The van der Waals surface area contributed by atoms with Gasteiger partial charge >= 0.3 is 0 Å². The molecule has 6 atom stereocenters. The smallest absolute Gasteiger partial charge is 0.261 e. The Morgan fingerprint density at radius 1 is 0.564 bits per heavy atom. The highest BCUT2D eigenvalue weighted by molar-refractivity contribution is 6.22. The zero-order valence-electron chi connectivity index (χ0n) is 23.1. The van der Waals surface area contributed by atoms with E-state index in [0.29, 0.717) is 45.6 Å². The van der Waals surface area contributed by atoms with Crippen molar-refractivity contribution < 1.29 is 23.9 Å². The molecule has 2 aliphatic carbocycles. The first-order valence-electron chi connectivity index (χ1n) is 14.4. The van der Waals surface area contributed by atoms with Gasteiger partial charge in [-0.2, -0.15) is 0 Å². The van der Waals surface area contributed by atoms with Gasteiger partial charge in [-0.1, -0.05) is 40.5 Å². The number of imide groups is 2. The van der Waals surface area contributed by atoms with Crippen molar-refractivity contribution in [1.82, 2.24) is 9.80 Å². The summed E-state index contributed by atoms with van der Waals surface area (Å²) < 4.78 is 6.07. The van der Waals surface area contributed by atoms with Crippen molar-refractivity contribution in [3.8, 4) is 11.5 Å². The second-order valence-electron chi connectivity index (χ2n) is 12.4. The quantitative estimate of drug-likeness (QED) is 0.434. The lowest BCUT2D eigenvalue weighted by molar-refractivity contribution is 0.0435. The van der Waals surface area contributed by atoms with E-state index in [0.717, 1.165) is 38.5 Å². The number of fused-ring (bicyclic) bond motifs is 2. The third-order valence-corrected chi connectivity index (χ3v) is 9.51. The molecule has 2 fully saturated rings. The average molecular weight is 529 g/mol. The van der Waals surface area contributed by atoms with Crippen molar-refractivity contribution in [2.45, 2.75) is 78.3 Å². The van der Waals surface area contributed by atoms with Crippen LogP contribution in [0.25, 0.3) is 0 Å². The minimum atomic E-state index is -0.271. The predicted molar refractivity (Wildman–Crippen MR) is 146 cm³/mol. The number of carbonyl (C=O) groups excluding carboxylic acids is 4. The lowest BCUT2D eigenvalue weighted by Gasteiger charge is -2.37. The van der Waals surface area contributed by atoms with Crippen molar-refractivity contribution in [2.75, 3.05) is 0 Å². The van der Waals surface area contributed by atoms with Crippen molar-refractivity contribution in [3.05, 3.63) is 58.7 Å². The molecule has 0 unspecified atom stereocenters. The fourth-order valence-electron chi connectivity index (χ4n) is 7.07. The van der Waals surface area contributed by atoms with E-state index in [2.05, 4.69) is 27.7 Å². The Hall–Kier alpha value is -3.48. The zero-order valence-corrected chi connectivity index (χ0v) is 23.1. The molecule has 2 aromatic carbocycles. The molecule has 7 nitrogen and oxygen atoms in total. The molecule has 39 heavy (non-hydrogen) atoms. The van der Waals surface area contributed by atoms with Crippen LogP contribution >= 0.6 is 0 Å². The maximum atomic E-state index is 13.4. The van der Waals surface area contributed by atoms with Crippen molar-refractivity contribution >= 4 is 23.6 Å². The summed E-state index contributed by atoms with van der Waals surface area (Å²) >= 11 is 0. The van der Waals surface area contributed by atoms with Gasteiger partial charge in [-0.3, -0.25) is 29.0 Å². The SMILES string of the molecule is C[C@@H]1CC[C@H](C)[C@H](N2C(=O)c3ccc(Oc4ccc5c(c4)C(=O)N([C@@H]4C[C@@H](C)CC[C@H]4C)C5=O)cc3C2=O)C1. The summed E-state index contributed by atoms with van der Waals surface area (Å²) in [5, 5.41) is 0. The van der Waals surface area contributed by atoms with Gasteiger partial charge in [-0.25, -0.2) is 0 Å². The molecule has 4 amide bonds. The standard InChI is InChI=1S/C32H36N2O5/c1-17-5-7-19(3)27(13-17)33-29(35)23-11-9-21(15-25(23)31(33)37)39-22-10-12-24-26(16-22)32(38)34(30(24)36)28-14-18(2)6-8-20(28)4/h9-12,15-20,27-28H,5-8,13-14H2,1-4H3/t17-,18+,19+,20-,27-,28-/m1/s1. The molecule has 0 aromatic heterocycles. The van der Waals surface area contributed by atoms with Crippen LogP contribution in [0, 0.1) is 23.7 Å². The molecule has 0 saturated heterocycles. The van der Waals surface area contributed by atoms with Crippen LogP contribution < -0.4 is 4.74 Å². The van der Waals surface area contributed by atoms with Crippen LogP contribution in [0.3, 0.4) is 0 Å². The van der Waals surface area contributed by atoms with Gasteiger partial charge < -0.3 is 4.74 Å². The number of ether oxygens (including phenoxy) is 1. The largest absolute Gasteiger partial charge is 0.457 e. The Balaban J connectivity index is 1.23. The summed E-state index contributed by atoms with van der Waals surface area (Å²) in [6.07, 6.45) is 5.89. The van der Waals surface area contributed by atoms with Crippen LogP contribution in [0.4, 0.5) is 0 Å². The number of carbonyl (C=O) groups is 4. The van der Waals surface area contributed by atoms with Crippen LogP contribution in [-0.4, -0.2) is 45.5 Å². The van der Waals surface area contributed by atoms with Crippen molar-refractivity contribution in [2.24, 2.45) is 23.7 Å². The molecule has 0 radical (unpaired) electrons. The second-order valence-corrected chi connectivity index (χ2v) is 12.4. The van der Waals surface area contributed by atoms with Gasteiger partial charge in [-0.15, -0.1) is 0 Å². The third-order valence-electron chi connectivity index (χ3n) is 9.51. The van der Waals surface area contributed by atoms with Gasteiger partial charge in [0.05, 0.1) is 22.3 Å². The fraction of sp³-hybridized carbons (Fsp3) is 0.500. The van der Waals surface area contributed by atoms with Gasteiger partial charge in [0.1, 0.15) is 11.5 Å². The van der Waals surface area contributed by atoms with Gasteiger partial charge in [0.25, 0.3) is 23.6 Å². The Kier molecular flexibility index (Phi) is 6.35. The van der Waals surface area contributed by atoms with Crippen LogP contribution in [-0.2, 0) is 0 Å². The minimum Gasteiger partial charge on any atom is -0.457 e. The van der Waals surface area contributed by atoms with E-state index in [1.54, 1.807) is 36.4 Å². The number of hydrogen-bond acceptors (Lipinski definition) is 5. The van der Waals surface area contributed by atoms with Gasteiger partial charge in [0, 0.05) is 12.1 Å². The minimum absolute atomic E-state index is 0.0939. The Bertz CT molecular complexity index is 1280. The van der Waals surface area contributed by atoms with Crippen LogP contribution in [0.1, 0.15) is 108 Å². The molecule has 4 aliphatic rings. The second kappa shape index (κ2) is 9.61. The summed E-state index contributed by atoms with van der Waals surface area (Å²) in [5.41, 5.74) is 1.50. The van der Waals surface area contributed by atoms with Gasteiger partial charge in [0.2, 0.25) is 0 Å². The lowest BCUT2D eigenvalue weighted by atomic mass is 9.79. The van der Waals surface area contributed by atoms with Crippen LogP contribution in [0.2, 0.25) is 0 Å². The molecule has 0 spiro atoms. The summed E-state index contributed by atoms with van der Waals surface area (Å²) in [5.74, 6) is 1.29. The van der Waals surface area contributed by atoms with E-state index in [9.17, 15) is 19.2 Å². The summed E-state index contributed by atoms with van der Waals surface area (Å²) in [6, 6.07) is 9.70. The average Bonchev–Trinajstić information content (AvgIpc) is 3.30. The molecule has 204 valence electrons.